The van der Waals surface area contributed by atoms with Gasteiger partial charge in [0.2, 0.25) is 0 Å². The number of rotatable bonds is 2. The Balaban J connectivity index is 2.95. The van der Waals surface area contributed by atoms with E-state index in [1.165, 1.54) is 6.92 Å². The monoisotopic (exact) mass is 106 g/mol. The summed E-state index contributed by atoms with van der Waals surface area (Å²) < 4.78 is 11.8. The van der Waals surface area contributed by atoms with E-state index >= 15 is 0 Å². The van der Waals surface area contributed by atoms with Crippen molar-refractivity contribution in [2.24, 2.45) is 0 Å². The number of aliphatic hydroxyl groups excluding tert-OH is 1. The molecule has 0 aromatic rings. The highest BCUT2D eigenvalue weighted by molar-refractivity contribution is 4.51. The van der Waals surface area contributed by atoms with E-state index in [-0.39, 0.29) is 6.42 Å². The van der Waals surface area contributed by atoms with Crippen molar-refractivity contribution >= 4 is 0 Å². The standard InChI is InChI=1S/C5H11FO/c1-4(6)3-5(2)7/h4-5,7H,3H2,1-2H3/t4?,5-/m1/s1. The van der Waals surface area contributed by atoms with Gasteiger partial charge in [0, 0.05) is 6.42 Å². The lowest BCUT2D eigenvalue weighted by Gasteiger charge is -2.01. The largest absolute Gasteiger partial charge is 0.393 e. The van der Waals surface area contributed by atoms with Gasteiger partial charge in [-0.15, -0.1) is 0 Å². The third-order valence-corrected chi connectivity index (χ3v) is 0.666. The summed E-state index contributed by atoms with van der Waals surface area (Å²) in [6.07, 6.45) is -1.13. The number of aliphatic hydroxyl groups is 1. The SMILES string of the molecule is CC(F)C[C@@H](C)O. The molecule has 2 atom stereocenters. The van der Waals surface area contributed by atoms with Crippen LogP contribution in [-0.2, 0) is 0 Å². The Morgan fingerprint density at radius 3 is 2.00 bits per heavy atom. The van der Waals surface area contributed by atoms with E-state index in [4.69, 9.17) is 5.11 Å². The van der Waals surface area contributed by atoms with Crippen molar-refractivity contribution < 1.29 is 9.50 Å². The highest BCUT2D eigenvalue weighted by Crippen LogP contribution is 1.98. The minimum absolute atomic E-state index is 0.250. The zero-order valence-corrected chi connectivity index (χ0v) is 4.69. The maximum absolute atomic E-state index is 11.8. The van der Waals surface area contributed by atoms with Crippen LogP contribution in [0.5, 0.6) is 0 Å². The molecule has 0 aliphatic heterocycles. The molecule has 1 N–H and O–H groups in total. The third kappa shape index (κ3) is 5.89. The Kier molecular flexibility index (Phi) is 2.92. The summed E-state index contributed by atoms with van der Waals surface area (Å²) in [7, 11) is 0. The minimum Gasteiger partial charge on any atom is -0.393 e. The third-order valence-electron chi connectivity index (χ3n) is 0.666. The molecule has 0 aromatic carbocycles. The summed E-state index contributed by atoms with van der Waals surface area (Å²) in [6, 6.07) is 0. The minimum atomic E-state index is -0.875. The van der Waals surface area contributed by atoms with Crippen LogP contribution < -0.4 is 0 Å². The number of hydrogen-bond donors (Lipinski definition) is 1. The molecule has 0 aliphatic carbocycles. The number of alkyl halides is 1. The van der Waals surface area contributed by atoms with Crippen LogP contribution in [0.1, 0.15) is 20.3 Å². The van der Waals surface area contributed by atoms with Crippen LogP contribution >= 0.6 is 0 Å². The average Bonchev–Trinajstić information content (AvgIpc) is 1.27. The van der Waals surface area contributed by atoms with Crippen LogP contribution in [0.2, 0.25) is 0 Å². The molecule has 0 fully saturated rings. The van der Waals surface area contributed by atoms with Gasteiger partial charge in [0.05, 0.1) is 12.3 Å². The fourth-order valence-electron chi connectivity index (χ4n) is 0.470. The molecule has 0 saturated heterocycles. The van der Waals surface area contributed by atoms with Crippen LogP contribution in [0.3, 0.4) is 0 Å². The topological polar surface area (TPSA) is 20.2 Å². The lowest BCUT2D eigenvalue weighted by molar-refractivity contribution is 0.148. The van der Waals surface area contributed by atoms with E-state index in [0.717, 1.165) is 0 Å². The van der Waals surface area contributed by atoms with E-state index in [2.05, 4.69) is 0 Å². The second-order valence-corrected chi connectivity index (χ2v) is 1.87. The van der Waals surface area contributed by atoms with Crippen LogP contribution in [0, 0.1) is 0 Å². The molecule has 44 valence electrons. The van der Waals surface area contributed by atoms with Gasteiger partial charge in [-0.05, 0) is 13.8 Å². The molecule has 0 aromatic heterocycles. The zero-order valence-electron chi connectivity index (χ0n) is 4.69. The van der Waals surface area contributed by atoms with Gasteiger partial charge in [0.15, 0.2) is 0 Å². The molecule has 0 heterocycles. The number of halogens is 1. The predicted octanol–water partition coefficient (Wildman–Crippen LogP) is 1.12. The van der Waals surface area contributed by atoms with Crippen molar-refractivity contribution in [1.29, 1.82) is 0 Å². The van der Waals surface area contributed by atoms with Crippen molar-refractivity contribution in [2.75, 3.05) is 0 Å². The van der Waals surface area contributed by atoms with E-state index in [9.17, 15) is 4.39 Å². The molecule has 0 bridgehead atoms. The van der Waals surface area contributed by atoms with Crippen LogP contribution in [-0.4, -0.2) is 17.4 Å². The maximum Gasteiger partial charge on any atom is 0.0998 e. The summed E-state index contributed by atoms with van der Waals surface area (Å²) in [5.41, 5.74) is 0. The van der Waals surface area contributed by atoms with Gasteiger partial charge in [0.1, 0.15) is 0 Å². The normalized spacial score (nSPS) is 18.9. The van der Waals surface area contributed by atoms with Crippen molar-refractivity contribution in [3.05, 3.63) is 0 Å². The van der Waals surface area contributed by atoms with Gasteiger partial charge in [-0.3, -0.25) is 0 Å². The molecule has 2 heteroatoms. The van der Waals surface area contributed by atoms with E-state index in [1.807, 2.05) is 0 Å². The van der Waals surface area contributed by atoms with Crippen molar-refractivity contribution in [2.45, 2.75) is 32.5 Å². The van der Waals surface area contributed by atoms with Gasteiger partial charge in [-0.1, -0.05) is 0 Å². The molecule has 7 heavy (non-hydrogen) atoms. The van der Waals surface area contributed by atoms with Crippen LogP contribution in [0.15, 0.2) is 0 Å². The van der Waals surface area contributed by atoms with Crippen molar-refractivity contribution in [3.8, 4) is 0 Å². The Bertz CT molecular complexity index is 37.3. The fraction of sp³-hybridized carbons (Fsp3) is 1.00. The van der Waals surface area contributed by atoms with Crippen LogP contribution in [0.25, 0.3) is 0 Å². The first-order valence-corrected chi connectivity index (χ1v) is 2.45. The molecule has 0 amide bonds. The average molecular weight is 106 g/mol. The maximum atomic E-state index is 11.8. The molecule has 0 rings (SSSR count). The van der Waals surface area contributed by atoms with Gasteiger partial charge in [0.25, 0.3) is 0 Å². The Hall–Kier alpha value is -0.110. The smallest absolute Gasteiger partial charge is 0.0998 e. The summed E-state index contributed by atoms with van der Waals surface area (Å²) in [4.78, 5) is 0. The fourth-order valence-corrected chi connectivity index (χ4v) is 0.470. The molecule has 1 unspecified atom stereocenters. The molecule has 0 aliphatic rings. The first-order chi connectivity index (χ1) is 3.13. The summed E-state index contributed by atoms with van der Waals surface area (Å²) in [5, 5.41) is 8.48. The summed E-state index contributed by atoms with van der Waals surface area (Å²) in [5.74, 6) is 0. The summed E-state index contributed by atoms with van der Waals surface area (Å²) in [6.45, 7) is 3.02. The Morgan fingerprint density at radius 1 is 1.57 bits per heavy atom. The molecule has 0 saturated carbocycles. The highest BCUT2D eigenvalue weighted by Gasteiger charge is 2.00. The van der Waals surface area contributed by atoms with Gasteiger partial charge in [-0.25, -0.2) is 4.39 Å². The lowest BCUT2D eigenvalue weighted by atomic mass is 10.2. The first-order valence-electron chi connectivity index (χ1n) is 2.45. The van der Waals surface area contributed by atoms with Gasteiger partial charge < -0.3 is 5.11 Å². The number of hydrogen-bond acceptors (Lipinski definition) is 1. The van der Waals surface area contributed by atoms with E-state index in [0.29, 0.717) is 0 Å². The Morgan fingerprint density at radius 2 is 2.00 bits per heavy atom. The zero-order chi connectivity index (χ0) is 5.86. The summed E-state index contributed by atoms with van der Waals surface area (Å²) >= 11 is 0. The molecular formula is C5H11FO. The second-order valence-electron chi connectivity index (χ2n) is 1.87. The van der Waals surface area contributed by atoms with Crippen LogP contribution in [0.4, 0.5) is 4.39 Å². The quantitative estimate of drug-likeness (QED) is 0.559. The first kappa shape index (κ1) is 6.89. The molecule has 0 radical (unpaired) electrons. The van der Waals surface area contributed by atoms with E-state index in [1.54, 1.807) is 6.92 Å². The lowest BCUT2D eigenvalue weighted by Crippen LogP contribution is -2.06. The van der Waals surface area contributed by atoms with Gasteiger partial charge >= 0.3 is 0 Å². The molecular weight excluding hydrogens is 95.1 g/mol. The highest BCUT2D eigenvalue weighted by atomic mass is 19.1. The second kappa shape index (κ2) is 2.97. The van der Waals surface area contributed by atoms with Crippen molar-refractivity contribution in [3.63, 3.8) is 0 Å². The van der Waals surface area contributed by atoms with Crippen molar-refractivity contribution in [1.82, 2.24) is 0 Å². The van der Waals surface area contributed by atoms with E-state index < -0.39 is 12.3 Å². The predicted molar refractivity (Wildman–Crippen MR) is 26.9 cm³/mol. The Labute approximate surface area is 43.2 Å². The molecule has 0 spiro atoms. The van der Waals surface area contributed by atoms with Gasteiger partial charge in [-0.2, -0.15) is 0 Å². The molecule has 1 nitrogen and oxygen atoms in total.